The molecule has 0 unspecified atom stereocenters. The van der Waals surface area contributed by atoms with E-state index in [4.69, 9.17) is 9.72 Å². The number of pyridine rings is 2. The highest BCUT2D eigenvalue weighted by Gasteiger charge is 2.20. The first kappa shape index (κ1) is 24.3. The molecule has 4 rings (SSSR count). The van der Waals surface area contributed by atoms with E-state index in [9.17, 15) is 4.79 Å². The third kappa shape index (κ3) is 5.16. The van der Waals surface area contributed by atoms with E-state index in [-0.39, 0.29) is 11.0 Å². The van der Waals surface area contributed by atoms with Crippen LogP contribution >= 0.6 is 0 Å². The van der Waals surface area contributed by atoms with Crippen LogP contribution in [0.5, 0.6) is 5.75 Å². The first-order chi connectivity index (χ1) is 16.5. The SMILES string of the molecule is Cc1cccc(COc2cc(C)n(-c3ccnc(-c4nc(C(C)(C)C)ncc4C)c3)c(=O)c2C)c1. The van der Waals surface area contributed by atoms with Crippen LogP contribution in [0, 0.1) is 27.7 Å². The van der Waals surface area contributed by atoms with Crippen molar-refractivity contribution in [3.8, 4) is 22.8 Å². The Labute approximate surface area is 206 Å². The van der Waals surface area contributed by atoms with Gasteiger partial charge in [0, 0.05) is 29.6 Å². The van der Waals surface area contributed by atoms with E-state index in [0.29, 0.717) is 23.6 Å². The second kappa shape index (κ2) is 9.45. The fourth-order valence-corrected chi connectivity index (χ4v) is 3.98. The molecular formula is C29H32N4O2. The summed E-state index contributed by atoms with van der Waals surface area (Å²) < 4.78 is 7.74. The number of nitrogens with zero attached hydrogens (tertiary/aromatic N) is 4. The Kier molecular flexibility index (Phi) is 6.57. The smallest absolute Gasteiger partial charge is 0.261 e. The molecule has 0 amide bonds. The summed E-state index contributed by atoms with van der Waals surface area (Å²) in [5.41, 5.74) is 6.45. The lowest BCUT2D eigenvalue weighted by Gasteiger charge is -2.18. The normalized spacial score (nSPS) is 11.5. The quantitative estimate of drug-likeness (QED) is 0.370. The number of aromatic nitrogens is 4. The van der Waals surface area contributed by atoms with Gasteiger partial charge in [-0.15, -0.1) is 0 Å². The van der Waals surface area contributed by atoms with Crippen LogP contribution in [-0.2, 0) is 12.0 Å². The molecule has 4 aromatic rings. The average Bonchev–Trinajstić information content (AvgIpc) is 2.80. The van der Waals surface area contributed by atoms with Crippen molar-refractivity contribution in [3.63, 3.8) is 0 Å². The molecule has 0 atom stereocenters. The Bertz CT molecular complexity index is 1450. The fourth-order valence-electron chi connectivity index (χ4n) is 3.98. The number of hydrogen-bond donors (Lipinski definition) is 0. The van der Waals surface area contributed by atoms with Gasteiger partial charge in [-0.05, 0) is 51.0 Å². The lowest BCUT2D eigenvalue weighted by Crippen LogP contribution is -2.23. The van der Waals surface area contributed by atoms with Gasteiger partial charge in [0.05, 0.1) is 22.6 Å². The lowest BCUT2D eigenvalue weighted by molar-refractivity contribution is 0.302. The van der Waals surface area contributed by atoms with Gasteiger partial charge in [-0.3, -0.25) is 14.3 Å². The minimum atomic E-state index is -0.182. The molecule has 0 aliphatic rings. The Morgan fingerprint density at radius 1 is 0.971 bits per heavy atom. The van der Waals surface area contributed by atoms with Crippen LogP contribution in [0.1, 0.15) is 54.5 Å². The molecule has 0 saturated carbocycles. The molecule has 0 fully saturated rings. The monoisotopic (exact) mass is 468 g/mol. The van der Waals surface area contributed by atoms with Crippen LogP contribution in [0.25, 0.3) is 17.1 Å². The van der Waals surface area contributed by atoms with E-state index in [1.807, 2.05) is 50.4 Å². The zero-order chi connectivity index (χ0) is 25.3. The first-order valence-corrected chi connectivity index (χ1v) is 11.8. The zero-order valence-corrected chi connectivity index (χ0v) is 21.5. The standard InChI is InChI=1S/C29H32N4O2/c1-18-9-8-10-22(13-18)17-35-25-14-20(3)33(27(34)21(25)4)23-11-12-30-24(15-23)26-19(2)16-31-28(32-26)29(5,6)7/h8-16H,17H2,1-7H3. The molecule has 180 valence electrons. The summed E-state index contributed by atoms with van der Waals surface area (Å²) in [5, 5.41) is 0. The van der Waals surface area contributed by atoms with Crippen LogP contribution < -0.4 is 10.3 Å². The molecule has 0 saturated heterocycles. The molecule has 3 aromatic heterocycles. The van der Waals surface area contributed by atoms with Crippen LogP contribution in [0.3, 0.4) is 0 Å². The van der Waals surface area contributed by atoms with Crippen molar-refractivity contribution in [3.05, 3.63) is 99.0 Å². The van der Waals surface area contributed by atoms with Gasteiger partial charge >= 0.3 is 0 Å². The molecule has 0 spiro atoms. The van der Waals surface area contributed by atoms with Crippen molar-refractivity contribution in [2.75, 3.05) is 0 Å². The van der Waals surface area contributed by atoms with E-state index in [0.717, 1.165) is 34.0 Å². The largest absolute Gasteiger partial charge is 0.488 e. The van der Waals surface area contributed by atoms with Gasteiger partial charge in [0.1, 0.15) is 18.2 Å². The molecule has 0 radical (unpaired) electrons. The number of benzene rings is 1. The fraction of sp³-hybridized carbons (Fsp3) is 0.310. The van der Waals surface area contributed by atoms with Gasteiger partial charge in [-0.1, -0.05) is 50.6 Å². The maximum Gasteiger partial charge on any atom is 0.261 e. The molecule has 0 aliphatic carbocycles. The van der Waals surface area contributed by atoms with E-state index < -0.39 is 0 Å². The highest BCUT2D eigenvalue weighted by Crippen LogP contribution is 2.26. The molecule has 0 bridgehead atoms. The van der Waals surface area contributed by atoms with Gasteiger partial charge in [0.15, 0.2) is 0 Å². The van der Waals surface area contributed by atoms with Gasteiger partial charge in [-0.25, -0.2) is 9.97 Å². The zero-order valence-electron chi connectivity index (χ0n) is 21.5. The first-order valence-electron chi connectivity index (χ1n) is 11.8. The van der Waals surface area contributed by atoms with Crippen molar-refractivity contribution in [2.45, 2.75) is 60.5 Å². The Balaban J connectivity index is 1.71. The van der Waals surface area contributed by atoms with E-state index in [1.54, 1.807) is 17.7 Å². The molecule has 6 heteroatoms. The minimum absolute atomic E-state index is 0.115. The van der Waals surface area contributed by atoms with Crippen LogP contribution in [0.15, 0.2) is 59.7 Å². The highest BCUT2D eigenvalue weighted by molar-refractivity contribution is 5.61. The number of ether oxygens (including phenoxy) is 1. The van der Waals surface area contributed by atoms with Crippen molar-refractivity contribution in [2.24, 2.45) is 0 Å². The van der Waals surface area contributed by atoms with Crippen molar-refractivity contribution >= 4 is 0 Å². The second-order valence-corrected chi connectivity index (χ2v) is 10.1. The maximum atomic E-state index is 13.4. The number of hydrogen-bond acceptors (Lipinski definition) is 5. The number of aryl methyl sites for hydroxylation is 3. The van der Waals surface area contributed by atoms with Crippen molar-refractivity contribution in [1.82, 2.24) is 19.5 Å². The Morgan fingerprint density at radius 2 is 1.74 bits per heavy atom. The minimum Gasteiger partial charge on any atom is -0.488 e. The van der Waals surface area contributed by atoms with Gasteiger partial charge in [-0.2, -0.15) is 0 Å². The summed E-state index contributed by atoms with van der Waals surface area (Å²) in [5.74, 6) is 1.35. The van der Waals surface area contributed by atoms with Crippen molar-refractivity contribution in [1.29, 1.82) is 0 Å². The Hall–Kier alpha value is -3.80. The Morgan fingerprint density at radius 3 is 2.46 bits per heavy atom. The summed E-state index contributed by atoms with van der Waals surface area (Å²) in [4.78, 5) is 27.3. The van der Waals surface area contributed by atoms with Crippen LogP contribution in [0.2, 0.25) is 0 Å². The topological polar surface area (TPSA) is 69.9 Å². The second-order valence-electron chi connectivity index (χ2n) is 10.1. The van der Waals surface area contributed by atoms with Gasteiger partial charge in [0.2, 0.25) is 0 Å². The molecular weight excluding hydrogens is 436 g/mol. The average molecular weight is 469 g/mol. The van der Waals surface area contributed by atoms with E-state index in [1.165, 1.54) is 5.56 Å². The molecule has 35 heavy (non-hydrogen) atoms. The van der Waals surface area contributed by atoms with Crippen molar-refractivity contribution < 1.29 is 4.74 Å². The summed E-state index contributed by atoms with van der Waals surface area (Å²) >= 11 is 0. The molecule has 6 nitrogen and oxygen atoms in total. The summed E-state index contributed by atoms with van der Waals surface area (Å²) in [7, 11) is 0. The molecule has 0 aliphatic heterocycles. The van der Waals surface area contributed by atoms with Crippen LogP contribution in [-0.4, -0.2) is 19.5 Å². The molecule has 0 N–H and O–H groups in total. The highest BCUT2D eigenvalue weighted by atomic mass is 16.5. The third-order valence-corrected chi connectivity index (χ3v) is 5.95. The summed E-state index contributed by atoms with van der Waals surface area (Å²) in [6.07, 6.45) is 3.55. The van der Waals surface area contributed by atoms with E-state index >= 15 is 0 Å². The molecule has 3 heterocycles. The molecule has 1 aromatic carbocycles. The summed E-state index contributed by atoms with van der Waals surface area (Å²) in [6.45, 7) is 14.4. The third-order valence-electron chi connectivity index (χ3n) is 5.95. The predicted molar refractivity (Wildman–Crippen MR) is 139 cm³/mol. The lowest BCUT2D eigenvalue weighted by atomic mass is 9.95. The van der Waals surface area contributed by atoms with E-state index in [2.05, 4.69) is 49.8 Å². The van der Waals surface area contributed by atoms with Gasteiger partial charge in [0.25, 0.3) is 5.56 Å². The predicted octanol–water partition coefficient (Wildman–Crippen LogP) is 5.80. The van der Waals surface area contributed by atoms with Crippen LogP contribution in [0.4, 0.5) is 0 Å². The summed E-state index contributed by atoms with van der Waals surface area (Å²) in [6, 6.07) is 13.8. The number of rotatable bonds is 5. The maximum absolute atomic E-state index is 13.4. The van der Waals surface area contributed by atoms with Gasteiger partial charge < -0.3 is 4.74 Å².